The van der Waals surface area contributed by atoms with Crippen LogP contribution in [0.15, 0.2) is 192 Å². The number of benzene rings is 8. The molecule has 0 unspecified atom stereocenters. The first-order valence-electron chi connectivity index (χ1n) is 19.4. The molecule has 272 valence electrons. The average Bonchev–Trinajstić information content (AvgIpc) is 3.95. The van der Waals surface area contributed by atoms with Crippen molar-refractivity contribution in [2.45, 2.75) is 0 Å². The van der Waals surface area contributed by atoms with Crippen LogP contribution in [0.25, 0.3) is 111 Å². The van der Waals surface area contributed by atoms with Gasteiger partial charge in [0, 0.05) is 49.1 Å². The highest BCUT2D eigenvalue weighted by Crippen LogP contribution is 2.40. The van der Waals surface area contributed by atoms with Gasteiger partial charge < -0.3 is 8.98 Å². The molecule has 0 saturated carbocycles. The van der Waals surface area contributed by atoms with E-state index in [1.54, 1.807) is 6.07 Å². The summed E-state index contributed by atoms with van der Waals surface area (Å²) in [6.07, 6.45) is 0. The van der Waals surface area contributed by atoms with Crippen LogP contribution in [0.2, 0.25) is 0 Å². The van der Waals surface area contributed by atoms with Crippen molar-refractivity contribution in [3.63, 3.8) is 0 Å². The fourth-order valence-corrected chi connectivity index (χ4v) is 8.79. The van der Waals surface area contributed by atoms with Gasteiger partial charge in [0.15, 0.2) is 11.4 Å². The molecule has 12 rings (SSSR count). The van der Waals surface area contributed by atoms with Gasteiger partial charge in [-0.3, -0.25) is 4.57 Å². The molecule has 0 fully saturated rings. The van der Waals surface area contributed by atoms with Crippen LogP contribution in [-0.4, -0.2) is 19.1 Å². The van der Waals surface area contributed by atoms with E-state index >= 15 is 4.39 Å². The van der Waals surface area contributed by atoms with Gasteiger partial charge in [-0.1, -0.05) is 121 Å². The first-order valence-corrected chi connectivity index (χ1v) is 19.4. The summed E-state index contributed by atoms with van der Waals surface area (Å²) in [7, 11) is 0. The Morgan fingerprint density at radius 1 is 0.379 bits per heavy atom. The highest BCUT2D eigenvalue weighted by Gasteiger charge is 2.21. The summed E-state index contributed by atoms with van der Waals surface area (Å²) in [4.78, 5) is 10.5. The first-order chi connectivity index (χ1) is 28.7. The number of furan rings is 1. The fraction of sp³-hybridized carbons (Fsp3) is 0. The SMILES string of the molecule is Fc1cccc2c1oc1c(-c3cc(-c4ccccc4)nc(-n4c5ccccc5c5cc(-c6ccc7c(c6)c6ccccc6n7-c6ccccc6)ccc54)n3)cccc12. The Morgan fingerprint density at radius 2 is 0.914 bits per heavy atom. The summed E-state index contributed by atoms with van der Waals surface area (Å²) in [5.74, 6) is 0.140. The molecule has 0 bridgehead atoms. The lowest BCUT2D eigenvalue weighted by atomic mass is 10.0. The van der Waals surface area contributed by atoms with Crippen molar-refractivity contribution in [1.82, 2.24) is 19.1 Å². The van der Waals surface area contributed by atoms with Gasteiger partial charge in [-0.25, -0.2) is 14.4 Å². The predicted octanol–water partition coefficient (Wildman–Crippen LogP) is 13.7. The molecule has 58 heavy (non-hydrogen) atoms. The van der Waals surface area contributed by atoms with Crippen molar-refractivity contribution in [1.29, 1.82) is 0 Å². The van der Waals surface area contributed by atoms with Crippen molar-refractivity contribution in [3.05, 3.63) is 194 Å². The zero-order valence-corrected chi connectivity index (χ0v) is 31.0. The third-order valence-electron chi connectivity index (χ3n) is 11.4. The molecular weight excluding hydrogens is 716 g/mol. The monoisotopic (exact) mass is 746 g/mol. The van der Waals surface area contributed by atoms with Crippen molar-refractivity contribution in [3.8, 4) is 45.3 Å². The number of aromatic nitrogens is 4. The Kier molecular flexibility index (Phi) is 7.04. The third kappa shape index (κ3) is 4.88. The van der Waals surface area contributed by atoms with E-state index in [9.17, 15) is 0 Å². The molecule has 0 spiro atoms. The number of hydrogen-bond donors (Lipinski definition) is 0. The van der Waals surface area contributed by atoms with Gasteiger partial charge in [0.05, 0.1) is 33.5 Å². The molecule has 12 aromatic rings. The van der Waals surface area contributed by atoms with E-state index in [2.05, 4.69) is 137 Å². The molecule has 0 radical (unpaired) electrons. The minimum absolute atomic E-state index is 0.238. The summed E-state index contributed by atoms with van der Waals surface area (Å²) in [6.45, 7) is 0. The molecule has 0 N–H and O–H groups in total. The number of halogens is 1. The molecule has 5 nitrogen and oxygen atoms in total. The lowest BCUT2D eigenvalue weighted by molar-refractivity contribution is 0.584. The Morgan fingerprint density at radius 3 is 1.62 bits per heavy atom. The van der Waals surface area contributed by atoms with Crippen molar-refractivity contribution in [2.75, 3.05) is 0 Å². The summed E-state index contributed by atoms with van der Waals surface area (Å²) in [6, 6.07) is 64.1. The number of fused-ring (bicyclic) bond motifs is 9. The summed E-state index contributed by atoms with van der Waals surface area (Å²) in [5, 5.41) is 6.20. The van der Waals surface area contributed by atoms with Crippen molar-refractivity contribution < 1.29 is 8.81 Å². The van der Waals surface area contributed by atoms with E-state index in [4.69, 9.17) is 14.4 Å². The largest absolute Gasteiger partial charge is 0.452 e. The summed E-state index contributed by atoms with van der Waals surface area (Å²) in [5.41, 5.74) is 11.7. The van der Waals surface area contributed by atoms with Gasteiger partial charge in [-0.2, -0.15) is 0 Å². The van der Waals surface area contributed by atoms with Gasteiger partial charge in [-0.05, 0) is 77.9 Å². The Labute approximate surface area is 331 Å². The van der Waals surface area contributed by atoms with Crippen LogP contribution in [0.5, 0.6) is 0 Å². The normalized spacial score (nSPS) is 11.9. The maximum absolute atomic E-state index is 15.0. The topological polar surface area (TPSA) is 48.8 Å². The number of nitrogens with zero attached hydrogens (tertiary/aromatic N) is 4. The Bertz CT molecular complexity index is 3580. The van der Waals surface area contributed by atoms with Crippen LogP contribution < -0.4 is 0 Å². The van der Waals surface area contributed by atoms with Gasteiger partial charge in [0.2, 0.25) is 5.95 Å². The molecule has 0 atom stereocenters. The molecule has 4 aromatic heterocycles. The summed E-state index contributed by atoms with van der Waals surface area (Å²) < 4.78 is 25.8. The van der Waals surface area contributed by atoms with Gasteiger partial charge in [-0.15, -0.1) is 0 Å². The highest BCUT2D eigenvalue weighted by molar-refractivity contribution is 6.13. The highest BCUT2D eigenvalue weighted by atomic mass is 19.1. The average molecular weight is 747 g/mol. The van der Waals surface area contributed by atoms with E-state index in [0.717, 1.165) is 66.2 Å². The molecule has 0 amide bonds. The van der Waals surface area contributed by atoms with Crippen LogP contribution in [0.4, 0.5) is 4.39 Å². The maximum Gasteiger partial charge on any atom is 0.235 e. The first kappa shape index (κ1) is 32.4. The predicted molar refractivity (Wildman–Crippen MR) is 234 cm³/mol. The fourth-order valence-electron chi connectivity index (χ4n) is 8.79. The van der Waals surface area contributed by atoms with E-state index in [0.29, 0.717) is 17.2 Å². The quantitative estimate of drug-likeness (QED) is 0.176. The zero-order valence-electron chi connectivity index (χ0n) is 31.0. The van der Waals surface area contributed by atoms with Crippen molar-refractivity contribution in [2.24, 2.45) is 0 Å². The molecular formula is C52H31FN4O. The van der Waals surface area contributed by atoms with E-state index in [1.165, 1.54) is 27.9 Å². The molecule has 0 aliphatic rings. The van der Waals surface area contributed by atoms with Crippen LogP contribution in [-0.2, 0) is 0 Å². The van der Waals surface area contributed by atoms with E-state index in [1.807, 2.05) is 48.5 Å². The Hall–Kier alpha value is -7.83. The number of rotatable bonds is 5. The van der Waals surface area contributed by atoms with Crippen LogP contribution >= 0.6 is 0 Å². The van der Waals surface area contributed by atoms with Crippen LogP contribution in [0, 0.1) is 5.82 Å². The van der Waals surface area contributed by atoms with Crippen LogP contribution in [0.1, 0.15) is 0 Å². The maximum atomic E-state index is 15.0. The lowest BCUT2D eigenvalue weighted by Crippen LogP contribution is -2.04. The van der Waals surface area contributed by atoms with Gasteiger partial charge in [0.1, 0.15) is 5.58 Å². The van der Waals surface area contributed by atoms with E-state index in [-0.39, 0.29) is 5.58 Å². The lowest BCUT2D eigenvalue weighted by Gasteiger charge is -2.12. The standard InChI is InChI=1S/C52H31FN4O/c53-43-22-12-20-39-38-19-11-21-40(50(38)58-51(39)43)45-31-44(32-13-3-1-4-14-32)54-52(55-45)57-47-24-10-8-18-37(47)42-30-34(26-28-49(42)57)33-25-27-48-41(29-33)36-17-7-9-23-46(36)56(48)35-15-5-2-6-16-35/h1-31H. The minimum atomic E-state index is -0.392. The zero-order chi connectivity index (χ0) is 38.3. The van der Waals surface area contributed by atoms with Crippen molar-refractivity contribution >= 4 is 65.6 Å². The second-order valence-electron chi connectivity index (χ2n) is 14.7. The Balaban J connectivity index is 1.06. The second-order valence-corrected chi connectivity index (χ2v) is 14.7. The third-order valence-corrected chi connectivity index (χ3v) is 11.4. The molecule has 0 aliphatic carbocycles. The van der Waals surface area contributed by atoms with Gasteiger partial charge in [0.25, 0.3) is 0 Å². The van der Waals surface area contributed by atoms with Crippen LogP contribution in [0.3, 0.4) is 0 Å². The molecule has 0 aliphatic heterocycles. The second kappa shape index (κ2) is 12.6. The van der Waals surface area contributed by atoms with E-state index < -0.39 is 5.82 Å². The molecule has 6 heteroatoms. The summed E-state index contributed by atoms with van der Waals surface area (Å²) >= 11 is 0. The smallest absolute Gasteiger partial charge is 0.235 e. The molecule has 4 heterocycles. The molecule has 0 saturated heterocycles. The molecule has 8 aromatic carbocycles. The number of para-hydroxylation sites is 5. The number of hydrogen-bond acceptors (Lipinski definition) is 3. The van der Waals surface area contributed by atoms with Gasteiger partial charge >= 0.3 is 0 Å². The minimum Gasteiger partial charge on any atom is -0.452 e.